The zero-order valence-corrected chi connectivity index (χ0v) is 15.7. The molecule has 0 saturated carbocycles. The molecule has 0 aliphatic carbocycles. The molecule has 0 aliphatic rings. The van der Waals surface area contributed by atoms with Crippen LogP contribution in [0.3, 0.4) is 0 Å². The SMILES string of the molecule is COC(=O)[C@@H](Cc1cccc(Br)c1)NC(=O)[C@@H](OC)c1ccccc1. The van der Waals surface area contributed by atoms with Crippen LogP contribution in [0.4, 0.5) is 0 Å². The predicted octanol–water partition coefficient (Wildman–Crippen LogP) is 3.04. The van der Waals surface area contributed by atoms with Crippen LogP contribution in [0.15, 0.2) is 59.1 Å². The van der Waals surface area contributed by atoms with Gasteiger partial charge in [-0.1, -0.05) is 58.4 Å². The number of nitrogens with one attached hydrogen (secondary N) is 1. The molecule has 2 rings (SSSR count). The second-order valence-electron chi connectivity index (χ2n) is 5.44. The van der Waals surface area contributed by atoms with Gasteiger partial charge in [0.1, 0.15) is 6.04 Å². The fourth-order valence-electron chi connectivity index (χ4n) is 2.50. The Labute approximate surface area is 155 Å². The van der Waals surface area contributed by atoms with Crippen LogP contribution in [0.2, 0.25) is 0 Å². The van der Waals surface area contributed by atoms with Crippen molar-refractivity contribution in [2.45, 2.75) is 18.6 Å². The fraction of sp³-hybridized carbons (Fsp3) is 0.263. The Morgan fingerprint density at radius 3 is 2.40 bits per heavy atom. The maximum Gasteiger partial charge on any atom is 0.328 e. The number of hydrogen-bond donors (Lipinski definition) is 1. The van der Waals surface area contributed by atoms with Crippen molar-refractivity contribution >= 4 is 27.8 Å². The summed E-state index contributed by atoms with van der Waals surface area (Å²) in [5.74, 6) is -0.893. The molecule has 2 aromatic rings. The molecule has 0 radical (unpaired) electrons. The van der Waals surface area contributed by atoms with Crippen molar-refractivity contribution in [2.75, 3.05) is 14.2 Å². The third-order valence-electron chi connectivity index (χ3n) is 3.71. The first-order chi connectivity index (χ1) is 12.0. The number of rotatable bonds is 7. The quantitative estimate of drug-likeness (QED) is 0.718. The zero-order valence-electron chi connectivity index (χ0n) is 14.1. The Bertz CT molecular complexity index is 720. The number of amides is 1. The Balaban J connectivity index is 2.15. The summed E-state index contributed by atoms with van der Waals surface area (Å²) < 4.78 is 11.0. The lowest BCUT2D eigenvalue weighted by Crippen LogP contribution is -2.45. The van der Waals surface area contributed by atoms with E-state index >= 15 is 0 Å². The third kappa shape index (κ3) is 5.41. The lowest BCUT2D eigenvalue weighted by Gasteiger charge is -2.21. The molecule has 0 fully saturated rings. The minimum absolute atomic E-state index is 0.322. The Morgan fingerprint density at radius 1 is 1.08 bits per heavy atom. The molecule has 1 N–H and O–H groups in total. The molecule has 132 valence electrons. The van der Waals surface area contributed by atoms with Crippen LogP contribution in [-0.2, 0) is 25.5 Å². The van der Waals surface area contributed by atoms with Crippen molar-refractivity contribution < 1.29 is 19.1 Å². The van der Waals surface area contributed by atoms with Crippen LogP contribution in [-0.4, -0.2) is 32.1 Å². The highest BCUT2D eigenvalue weighted by Crippen LogP contribution is 2.18. The standard InChI is InChI=1S/C19H20BrNO4/c1-24-17(14-8-4-3-5-9-14)18(22)21-16(19(23)25-2)12-13-7-6-10-15(20)11-13/h3-11,16-17H,12H2,1-2H3,(H,21,22)/t16-,17+/m1/s1. The topological polar surface area (TPSA) is 64.6 Å². The Hall–Kier alpha value is -2.18. The molecular weight excluding hydrogens is 386 g/mol. The maximum atomic E-state index is 12.6. The molecule has 0 aromatic heterocycles. The van der Waals surface area contributed by atoms with Crippen LogP contribution in [0.25, 0.3) is 0 Å². The number of esters is 1. The number of benzene rings is 2. The van der Waals surface area contributed by atoms with E-state index in [1.165, 1.54) is 14.2 Å². The average Bonchev–Trinajstić information content (AvgIpc) is 2.62. The van der Waals surface area contributed by atoms with Crippen LogP contribution in [0.5, 0.6) is 0 Å². The van der Waals surface area contributed by atoms with E-state index in [0.717, 1.165) is 10.0 Å². The molecule has 5 nitrogen and oxygen atoms in total. The minimum Gasteiger partial charge on any atom is -0.467 e. The van der Waals surface area contributed by atoms with E-state index in [1.807, 2.05) is 42.5 Å². The first kappa shape index (κ1) is 19.1. The van der Waals surface area contributed by atoms with Crippen LogP contribution < -0.4 is 5.32 Å². The summed E-state index contributed by atoms with van der Waals surface area (Å²) in [5.41, 5.74) is 1.62. The second-order valence-corrected chi connectivity index (χ2v) is 6.36. The van der Waals surface area contributed by atoms with Crippen molar-refractivity contribution in [3.8, 4) is 0 Å². The lowest BCUT2D eigenvalue weighted by molar-refractivity contribution is -0.146. The van der Waals surface area contributed by atoms with Crippen molar-refractivity contribution in [3.63, 3.8) is 0 Å². The molecular formula is C19H20BrNO4. The molecule has 1 amide bonds. The van der Waals surface area contributed by atoms with E-state index in [1.54, 1.807) is 12.1 Å². The summed E-state index contributed by atoms with van der Waals surface area (Å²) in [6.07, 6.45) is -0.473. The fourth-order valence-corrected chi connectivity index (χ4v) is 2.95. The van der Waals surface area contributed by atoms with Crippen LogP contribution in [0, 0.1) is 0 Å². The predicted molar refractivity (Wildman–Crippen MR) is 98.0 cm³/mol. The van der Waals surface area contributed by atoms with Crippen molar-refractivity contribution in [3.05, 3.63) is 70.2 Å². The van der Waals surface area contributed by atoms with Crippen molar-refractivity contribution in [1.82, 2.24) is 5.32 Å². The second kappa shape index (κ2) is 9.34. The van der Waals surface area contributed by atoms with Gasteiger partial charge in [-0.05, 0) is 23.3 Å². The third-order valence-corrected chi connectivity index (χ3v) is 4.20. The van der Waals surface area contributed by atoms with Gasteiger partial charge < -0.3 is 14.8 Å². The molecule has 0 spiro atoms. The average molecular weight is 406 g/mol. The highest BCUT2D eigenvalue weighted by Gasteiger charge is 2.27. The van der Waals surface area contributed by atoms with Gasteiger partial charge in [-0.3, -0.25) is 4.79 Å². The van der Waals surface area contributed by atoms with Gasteiger partial charge >= 0.3 is 5.97 Å². The number of ether oxygens (including phenoxy) is 2. The number of hydrogen-bond acceptors (Lipinski definition) is 4. The normalized spacial score (nSPS) is 12.9. The highest BCUT2D eigenvalue weighted by molar-refractivity contribution is 9.10. The highest BCUT2D eigenvalue weighted by atomic mass is 79.9. The maximum absolute atomic E-state index is 12.6. The smallest absolute Gasteiger partial charge is 0.328 e. The van der Waals surface area contributed by atoms with Crippen LogP contribution in [0.1, 0.15) is 17.2 Å². The minimum atomic E-state index is -0.798. The van der Waals surface area contributed by atoms with Gasteiger partial charge in [0, 0.05) is 18.0 Å². The van der Waals surface area contributed by atoms with Gasteiger partial charge in [0.05, 0.1) is 7.11 Å². The van der Waals surface area contributed by atoms with E-state index < -0.39 is 18.1 Å². The first-order valence-electron chi connectivity index (χ1n) is 7.75. The Kier molecular flexibility index (Phi) is 7.16. The largest absolute Gasteiger partial charge is 0.467 e. The zero-order chi connectivity index (χ0) is 18.2. The number of carbonyl (C=O) groups excluding carboxylic acids is 2. The summed E-state index contributed by atoms with van der Waals surface area (Å²) in [4.78, 5) is 24.7. The molecule has 0 aliphatic heterocycles. The monoisotopic (exact) mass is 405 g/mol. The summed E-state index contributed by atoms with van der Waals surface area (Å²) in [5, 5.41) is 2.73. The van der Waals surface area contributed by atoms with Crippen molar-refractivity contribution in [1.29, 1.82) is 0 Å². The summed E-state index contributed by atoms with van der Waals surface area (Å²) in [6, 6.07) is 15.9. The van der Waals surface area contributed by atoms with Crippen molar-refractivity contribution in [2.24, 2.45) is 0 Å². The summed E-state index contributed by atoms with van der Waals surface area (Å²) in [7, 11) is 2.76. The van der Waals surface area contributed by atoms with Gasteiger partial charge in [0.15, 0.2) is 6.10 Å². The van der Waals surface area contributed by atoms with E-state index in [4.69, 9.17) is 9.47 Å². The molecule has 0 unspecified atom stereocenters. The van der Waals surface area contributed by atoms with E-state index in [2.05, 4.69) is 21.2 Å². The molecule has 6 heteroatoms. The van der Waals surface area contributed by atoms with Gasteiger partial charge in [-0.25, -0.2) is 4.79 Å². The molecule has 0 bridgehead atoms. The van der Waals surface area contributed by atoms with Crippen LogP contribution >= 0.6 is 15.9 Å². The van der Waals surface area contributed by atoms with Gasteiger partial charge in [0.25, 0.3) is 5.91 Å². The first-order valence-corrected chi connectivity index (χ1v) is 8.55. The Morgan fingerprint density at radius 2 is 1.80 bits per heavy atom. The summed E-state index contributed by atoms with van der Waals surface area (Å²) >= 11 is 3.40. The van der Waals surface area contributed by atoms with E-state index in [-0.39, 0.29) is 5.91 Å². The molecule has 0 saturated heterocycles. The van der Waals surface area contributed by atoms with Gasteiger partial charge in [-0.15, -0.1) is 0 Å². The number of halogens is 1. The van der Waals surface area contributed by atoms with Gasteiger partial charge in [0.2, 0.25) is 0 Å². The summed E-state index contributed by atoms with van der Waals surface area (Å²) in [6.45, 7) is 0. The lowest BCUT2D eigenvalue weighted by atomic mass is 10.0. The van der Waals surface area contributed by atoms with E-state index in [0.29, 0.717) is 12.0 Å². The number of carbonyl (C=O) groups is 2. The molecule has 0 heterocycles. The van der Waals surface area contributed by atoms with Gasteiger partial charge in [-0.2, -0.15) is 0 Å². The molecule has 2 aromatic carbocycles. The molecule has 25 heavy (non-hydrogen) atoms. The van der Waals surface area contributed by atoms with E-state index in [9.17, 15) is 9.59 Å². The number of methoxy groups -OCH3 is 2. The molecule has 2 atom stereocenters.